The van der Waals surface area contributed by atoms with Crippen LogP contribution in [0.5, 0.6) is 5.75 Å². The first-order chi connectivity index (χ1) is 12.2. The Kier molecular flexibility index (Phi) is 7.29. The lowest BCUT2D eigenvalue weighted by atomic mass is 10.1. The van der Waals surface area contributed by atoms with Crippen LogP contribution < -0.4 is 10.1 Å². The number of carbonyl (C=O) groups is 1. The average Bonchev–Trinajstić information content (AvgIpc) is 2.48. The van der Waals surface area contributed by atoms with Crippen LogP contribution in [-0.2, 0) is 11.2 Å². The van der Waals surface area contributed by atoms with Crippen LogP contribution in [0.1, 0.15) is 26.3 Å². The molecule has 0 atom stereocenters. The summed E-state index contributed by atoms with van der Waals surface area (Å²) in [6, 6.07) is 8.74. The van der Waals surface area contributed by atoms with Gasteiger partial charge in [0, 0.05) is 32.2 Å². The Hall–Kier alpha value is -1.79. The number of benzene rings is 1. The van der Waals surface area contributed by atoms with Crippen LogP contribution in [0.15, 0.2) is 24.3 Å². The van der Waals surface area contributed by atoms with Crippen molar-refractivity contribution in [2.45, 2.75) is 38.8 Å². The Morgan fingerprint density at radius 2 is 1.88 bits per heavy atom. The molecule has 0 radical (unpaired) electrons. The van der Waals surface area contributed by atoms with E-state index in [1.165, 1.54) is 0 Å². The summed E-state index contributed by atoms with van der Waals surface area (Å²) in [5, 5.41) is 2.77. The lowest BCUT2D eigenvalue weighted by molar-refractivity contribution is 0.0524. The highest BCUT2D eigenvalue weighted by molar-refractivity contribution is 5.67. The third kappa shape index (κ3) is 7.22. The molecular formula is C20H33N3O3. The molecule has 0 unspecified atom stereocenters. The lowest BCUT2D eigenvalue weighted by Crippen LogP contribution is -2.57. The van der Waals surface area contributed by atoms with Crippen LogP contribution in [-0.4, -0.2) is 74.4 Å². The molecular weight excluding hydrogens is 330 g/mol. The first-order valence-electron chi connectivity index (χ1n) is 9.30. The molecule has 1 aliphatic rings. The molecule has 1 fully saturated rings. The summed E-state index contributed by atoms with van der Waals surface area (Å²) in [5.74, 6) is 0.888. The van der Waals surface area contributed by atoms with Gasteiger partial charge >= 0.3 is 6.09 Å². The van der Waals surface area contributed by atoms with E-state index in [2.05, 4.69) is 29.2 Å². The molecule has 1 saturated heterocycles. The lowest BCUT2D eigenvalue weighted by Gasteiger charge is -2.42. The number of carbonyl (C=O) groups excluding carboxylic acids is 1. The fourth-order valence-electron chi connectivity index (χ4n) is 2.72. The van der Waals surface area contributed by atoms with Gasteiger partial charge in [-0.3, -0.25) is 4.90 Å². The number of likely N-dealkylation sites (N-methyl/N-ethyl adjacent to an activating group) is 1. The molecule has 0 aromatic heterocycles. The molecule has 6 nitrogen and oxygen atoms in total. The molecule has 146 valence electrons. The first kappa shape index (κ1) is 20.5. The van der Waals surface area contributed by atoms with E-state index in [0.29, 0.717) is 19.2 Å². The molecule has 2 rings (SSSR count). The highest BCUT2D eigenvalue weighted by Crippen LogP contribution is 2.14. The minimum absolute atomic E-state index is 0.375. The van der Waals surface area contributed by atoms with Gasteiger partial charge in [-0.05, 0) is 59.0 Å². The Morgan fingerprint density at radius 3 is 2.46 bits per heavy atom. The van der Waals surface area contributed by atoms with Crippen molar-refractivity contribution in [1.29, 1.82) is 0 Å². The van der Waals surface area contributed by atoms with Crippen molar-refractivity contribution in [3.63, 3.8) is 0 Å². The molecule has 0 saturated carbocycles. The van der Waals surface area contributed by atoms with Crippen molar-refractivity contribution in [2.24, 2.45) is 0 Å². The Morgan fingerprint density at radius 1 is 1.23 bits per heavy atom. The number of hydrogen-bond donors (Lipinski definition) is 1. The quantitative estimate of drug-likeness (QED) is 0.769. The van der Waals surface area contributed by atoms with Crippen LogP contribution in [0.3, 0.4) is 0 Å². The number of nitrogens with one attached hydrogen (secondary N) is 1. The maximum absolute atomic E-state index is 11.6. The third-order valence-electron chi connectivity index (χ3n) is 4.35. The van der Waals surface area contributed by atoms with Crippen molar-refractivity contribution in [3.05, 3.63) is 29.8 Å². The predicted octanol–water partition coefficient (Wildman–Crippen LogP) is 2.38. The zero-order valence-corrected chi connectivity index (χ0v) is 16.7. The van der Waals surface area contributed by atoms with Gasteiger partial charge in [0.05, 0.1) is 0 Å². The largest absolute Gasteiger partial charge is 0.492 e. The SMILES string of the molecule is CN(C)C1CN(CCOc2ccc(CCNC(=O)OC(C)(C)C)cc2)C1. The monoisotopic (exact) mass is 363 g/mol. The average molecular weight is 364 g/mol. The number of amides is 1. The second kappa shape index (κ2) is 9.24. The molecule has 0 spiro atoms. The minimum atomic E-state index is -0.466. The summed E-state index contributed by atoms with van der Waals surface area (Å²) in [7, 11) is 4.26. The molecule has 1 heterocycles. The molecule has 6 heteroatoms. The zero-order valence-electron chi connectivity index (χ0n) is 16.7. The van der Waals surface area contributed by atoms with Gasteiger partial charge in [-0.25, -0.2) is 4.79 Å². The number of nitrogens with zero attached hydrogens (tertiary/aromatic N) is 2. The van der Waals surface area contributed by atoms with Crippen LogP contribution in [0.4, 0.5) is 4.79 Å². The van der Waals surface area contributed by atoms with Crippen molar-refractivity contribution < 1.29 is 14.3 Å². The highest BCUT2D eigenvalue weighted by Gasteiger charge is 2.27. The number of alkyl carbamates (subject to hydrolysis) is 1. The van der Waals surface area contributed by atoms with Gasteiger partial charge in [-0.2, -0.15) is 0 Å². The van der Waals surface area contributed by atoms with E-state index in [1.54, 1.807) is 0 Å². The summed E-state index contributed by atoms with van der Waals surface area (Å²) >= 11 is 0. The maximum atomic E-state index is 11.6. The Balaban J connectivity index is 1.60. The topological polar surface area (TPSA) is 54.0 Å². The van der Waals surface area contributed by atoms with Gasteiger partial charge < -0.3 is 19.7 Å². The smallest absolute Gasteiger partial charge is 0.407 e. The van der Waals surface area contributed by atoms with E-state index in [1.807, 2.05) is 45.0 Å². The van der Waals surface area contributed by atoms with Crippen molar-refractivity contribution in [2.75, 3.05) is 46.9 Å². The summed E-state index contributed by atoms with van der Waals surface area (Å²) < 4.78 is 11.0. The van der Waals surface area contributed by atoms with E-state index in [-0.39, 0.29) is 6.09 Å². The second-order valence-electron chi connectivity index (χ2n) is 8.05. The summed E-state index contributed by atoms with van der Waals surface area (Å²) in [6.45, 7) is 10.0. The van der Waals surface area contributed by atoms with Gasteiger partial charge in [0.2, 0.25) is 0 Å². The molecule has 0 aliphatic carbocycles. The number of ether oxygens (including phenoxy) is 2. The van der Waals surface area contributed by atoms with Crippen molar-refractivity contribution in [1.82, 2.24) is 15.1 Å². The standard InChI is InChI=1S/C20H33N3O3/c1-20(2,3)26-19(24)21-11-10-16-6-8-18(9-7-16)25-13-12-23-14-17(15-23)22(4)5/h6-9,17H,10-15H2,1-5H3,(H,21,24). The van der Waals surface area contributed by atoms with Crippen LogP contribution in [0.2, 0.25) is 0 Å². The van der Waals surface area contributed by atoms with Gasteiger partial charge in [-0.1, -0.05) is 12.1 Å². The fraction of sp³-hybridized carbons (Fsp3) is 0.650. The molecule has 1 aromatic rings. The molecule has 1 amide bonds. The van der Waals surface area contributed by atoms with Gasteiger partial charge in [-0.15, -0.1) is 0 Å². The third-order valence-corrected chi connectivity index (χ3v) is 4.35. The van der Waals surface area contributed by atoms with E-state index in [9.17, 15) is 4.79 Å². The van der Waals surface area contributed by atoms with E-state index >= 15 is 0 Å². The number of rotatable bonds is 8. The van der Waals surface area contributed by atoms with Crippen LogP contribution in [0, 0.1) is 0 Å². The number of likely N-dealkylation sites (tertiary alicyclic amines) is 1. The molecule has 1 aliphatic heterocycles. The van der Waals surface area contributed by atoms with E-state index in [4.69, 9.17) is 9.47 Å². The molecule has 0 bridgehead atoms. The second-order valence-corrected chi connectivity index (χ2v) is 8.05. The minimum Gasteiger partial charge on any atom is -0.492 e. The normalized spacial score (nSPS) is 15.6. The van der Waals surface area contributed by atoms with Gasteiger partial charge in [0.25, 0.3) is 0 Å². The van der Waals surface area contributed by atoms with Crippen LogP contribution in [0.25, 0.3) is 0 Å². The van der Waals surface area contributed by atoms with E-state index in [0.717, 1.165) is 37.4 Å². The summed E-state index contributed by atoms with van der Waals surface area (Å²) in [5.41, 5.74) is 0.692. The van der Waals surface area contributed by atoms with Crippen molar-refractivity contribution >= 4 is 6.09 Å². The van der Waals surface area contributed by atoms with Gasteiger partial charge in [0.1, 0.15) is 18.0 Å². The Labute approximate surface area is 157 Å². The fourth-order valence-corrected chi connectivity index (χ4v) is 2.72. The van der Waals surface area contributed by atoms with Gasteiger partial charge in [0.15, 0.2) is 0 Å². The summed E-state index contributed by atoms with van der Waals surface area (Å²) in [6.07, 6.45) is 0.388. The predicted molar refractivity (Wildman–Crippen MR) is 104 cm³/mol. The number of hydrogen-bond acceptors (Lipinski definition) is 5. The molecule has 1 aromatic carbocycles. The first-order valence-corrected chi connectivity index (χ1v) is 9.30. The molecule has 1 N–H and O–H groups in total. The zero-order chi connectivity index (χ0) is 19.2. The summed E-state index contributed by atoms with van der Waals surface area (Å²) in [4.78, 5) is 16.3. The molecule has 26 heavy (non-hydrogen) atoms. The highest BCUT2D eigenvalue weighted by atomic mass is 16.6. The van der Waals surface area contributed by atoms with Crippen molar-refractivity contribution in [3.8, 4) is 5.75 Å². The van der Waals surface area contributed by atoms with Crippen LogP contribution >= 0.6 is 0 Å². The Bertz CT molecular complexity index is 561. The maximum Gasteiger partial charge on any atom is 0.407 e. The van der Waals surface area contributed by atoms with E-state index < -0.39 is 5.60 Å².